The lowest BCUT2D eigenvalue weighted by atomic mass is 10.1. The maximum absolute atomic E-state index is 12.0. The van der Waals surface area contributed by atoms with Gasteiger partial charge in [-0.25, -0.2) is 13.1 Å². The molecule has 1 N–H and O–H groups in total. The number of nitrogens with one attached hydrogen (secondary N) is 1. The highest BCUT2D eigenvalue weighted by atomic mass is 32.2. The second kappa shape index (κ2) is 6.32. The van der Waals surface area contributed by atoms with Gasteiger partial charge >= 0.3 is 0 Å². The maximum Gasteiger partial charge on any atom is 0.211 e. The van der Waals surface area contributed by atoms with E-state index in [0.717, 1.165) is 32.3 Å². The lowest BCUT2D eigenvalue weighted by Crippen LogP contribution is -2.42. The molecule has 0 radical (unpaired) electrons. The summed E-state index contributed by atoms with van der Waals surface area (Å²) in [6.07, 6.45) is 4.45. The minimum Gasteiger partial charge on any atom is -0.378 e. The second-order valence-corrected chi connectivity index (χ2v) is 7.14. The van der Waals surface area contributed by atoms with Crippen molar-refractivity contribution in [3.05, 3.63) is 0 Å². The Balaban J connectivity index is 1.75. The molecule has 0 bridgehead atoms. The molecule has 2 rings (SSSR count). The van der Waals surface area contributed by atoms with Gasteiger partial charge in [0.05, 0.1) is 18.0 Å². The molecule has 0 aromatic heterocycles. The highest BCUT2D eigenvalue weighted by molar-refractivity contribution is 7.89. The van der Waals surface area contributed by atoms with Gasteiger partial charge in [0.15, 0.2) is 0 Å². The van der Waals surface area contributed by atoms with E-state index in [-0.39, 0.29) is 24.0 Å². The van der Waals surface area contributed by atoms with E-state index in [1.54, 1.807) is 0 Å². The molecular formula is C12H23NO4S. The highest BCUT2D eigenvalue weighted by Gasteiger charge is 2.25. The van der Waals surface area contributed by atoms with E-state index in [2.05, 4.69) is 4.72 Å². The Kier molecular flexibility index (Phi) is 5.00. The van der Waals surface area contributed by atoms with Gasteiger partial charge in [0, 0.05) is 19.3 Å². The molecule has 0 amide bonds. The summed E-state index contributed by atoms with van der Waals surface area (Å²) in [4.78, 5) is 0. The van der Waals surface area contributed by atoms with E-state index < -0.39 is 10.0 Å². The molecule has 106 valence electrons. The van der Waals surface area contributed by atoms with Crippen molar-refractivity contribution in [3.8, 4) is 0 Å². The molecule has 6 heteroatoms. The molecule has 3 atom stereocenters. The van der Waals surface area contributed by atoms with Crippen LogP contribution >= 0.6 is 0 Å². The third-order valence-corrected chi connectivity index (χ3v) is 5.03. The van der Waals surface area contributed by atoms with Crippen LogP contribution in [-0.4, -0.2) is 45.6 Å². The Morgan fingerprint density at radius 3 is 2.72 bits per heavy atom. The average Bonchev–Trinajstić information content (AvgIpc) is 2.78. The number of hydrogen-bond acceptors (Lipinski definition) is 4. The summed E-state index contributed by atoms with van der Waals surface area (Å²) < 4.78 is 37.5. The first kappa shape index (κ1) is 14.2. The van der Waals surface area contributed by atoms with Crippen LogP contribution in [0.25, 0.3) is 0 Å². The van der Waals surface area contributed by atoms with Crippen LogP contribution in [0.5, 0.6) is 0 Å². The SMILES string of the molecule is C[C@@H]1C[C@H](NS(=O)(=O)CC[C@H]2CCCO2)CCO1. The van der Waals surface area contributed by atoms with Crippen LogP contribution in [0.4, 0.5) is 0 Å². The predicted molar refractivity (Wildman–Crippen MR) is 68.9 cm³/mol. The molecule has 0 aliphatic carbocycles. The van der Waals surface area contributed by atoms with E-state index in [1.807, 2.05) is 6.92 Å². The third-order valence-electron chi connectivity index (χ3n) is 3.56. The summed E-state index contributed by atoms with van der Waals surface area (Å²) in [6, 6.07) is 0.0308. The van der Waals surface area contributed by atoms with Crippen molar-refractivity contribution >= 4 is 10.0 Å². The first-order valence-corrected chi connectivity index (χ1v) is 8.43. The molecule has 2 aliphatic rings. The lowest BCUT2D eigenvalue weighted by molar-refractivity contribution is 0.0173. The summed E-state index contributed by atoms with van der Waals surface area (Å²) in [5.74, 6) is 0.170. The van der Waals surface area contributed by atoms with Crippen molar-refractivity contribution in [2.45, 2.75) is 57.3 Å². The van der Waals surface area contributed by atoms with E-state index in [4.69, 9.17) is 9.47 Å². The average molecular weight is 277 g/mol. The molecule has 0 spiro atoms. The zero-order chi connectivity index (χ0) is 13.0. The standard InChI is InChI=1S/C12H23NO4S/c1-10-9-11(4-7-16-10)13-18(14,15)8-5-12-3-2-6-17-12/h10-13H,2-9H2,1H3/t10-,11-,12-/m1/s1. The van der Waals surface area contributed by atoms with Crippen molar-refractivity contribution in [1.29, 1.82) is 0 Å². The predicted octanol–water partition coefficient (Wildman–Crippen LogP) is 1.04. The van der Waals surface area contributed by atoms with E-state index in [1.165, 1.54) is 0 Å². The molecule has 2 aliphatic heterocycles. The van der Waals surface area contributed by atoms with Crippen LogP contribution < -0.4 is 4.72 Å². The fourth-order valence-corrected chi connectivity index (χ4v) is 3.99. The van der Waals surface area contributed by atoms with Gasteiger partial charge in [0.1, 0.15) is 0 Å². The van der Waals surface area contributed by atoms with Crippen molar-refractivity contribution in [1.82, 2.24) is 4.72 Å². The molecule has 2 saturated heterocycles. The number of hydrogen-bond donors (Lipinski definition) is 1. The van der Waals surface area contributed by atoms with Crippen molar-refractivity contribution in [2.24, 2.45) is 0 Å². The van der Waals surface area contributed by atoms with Gasteiger partial charge in [0.2, 0.25) is 10.0 Å². The van der Waals surface area contributed by atoms with Crippen LogP contribution in [0, 0.1) is 0 Å². The molecule has 0 unspecified atom stereocenters. The molecule has 0 aromatic carbocycles. The topological polar surface area (TPSA) is 64.6 Å². The molecule has 0 saturated carbocycles. The highest BCUT2D eigenvalue weighted by Crippen LogP contribution is 2.17. The van der Waals surface area contributed by atoms with Crippen LogP contribution in [0.3, 0.4) is 0 Å². The largest absolute Gasteiger partial charge is 0.378 e. The first-order chi connectivity index (χ1) is 8.55. The summed E-state index contributed by atoms with van der Waals surface area (Å²) in [7, 11) is -3.18. The van der Waals surface area contributed by atoms with E-state index >= 15 is 0 Å². The number of sulfonamides is 1. The van der Waals surface area contributed by atoms with Crippen molar-refractivity contribution in [2.75, 3.05) is 19.0 Å². The molecule has 0 aromatic rings. The Labute approximate surface area is 109 Å². The fourth-order valence-electron chi connectivity index (χ4n) is 2.58. The van der Waals surface area contributed by atoms with Crippen LogP contribution in [0.15, 0.2) is 0 Å². The molecule has 18 heavy (non-hydrogen) atoms. The van der Waals surface area contributed by atoms with Gasteiger partial charge < -0.3 is 9.47 Å². The van der Waals surface area contributed by atoms with Gasteiger partial charge in [-0.2, -0.15) is 0 Å². The maximum atomic E-state index is 12.0. The van der Waals surface area contributed by atoms with E-state index in [9.17, 15) is 8.42 Å². The molecule has 2 fully saturated rings. The third kappa shape index (κ3) is 4.50. The van der Waals surface area contributed by atoms with Gasteiger partial charge in [-0.3, -0.25) is 0 Å². The molecular weight excluding hydrogens is 254 g/mol. The van der Waals surface area contributed by atoms with Crippen molar-refractivity contribution in [3.63, 3.8) is 0 Å². The first-order valence-electron chi connectivity index (χ1n) is 6.78. The van der Waals surface area contributed by atoms with Crippen LogP contribution in [-0.2, 0) is 19.5 Å². The quantitative estimate of drug-likeness (QED) is 0.815. The summed E-state index contributed by atoms with van der Waals surface area (Å²) in [5, 5.41) is 0. The van der Waals surface area contributed by atoms with Crippen molar-refractivity contribution < 1.29 is 17.9 Å². The number of rotatable bonds is 5. The van der Waals surface area contributed by atoms with Gasteiger partial charge in [-0.05, 0) is 39.0 Å². The Morgan fingerprint density at radius 1 is 1.22 bits per heavy atom. The second-order valence-electron chi connectivity index (χ2n) is 5.26. The summed E-state index contributed by atoms with van der Waals surface area (Å²) in [5.41, 5.74) is 0. The van der Waals surface area contributed by atoms with Crippen LogP contribution in [0.2, 0.25) is 0 Å². The van der Waals surface area contributed by atoms with E-state index in [0.29, 0.717) is 13.0 Å². The monoisotopic (exact) mass is 277 g/mol. The number of ether oxygens (including phenoxy) is 2. The normalized spacial score (nSPS) is 33.7. The Hall–Kier alpha value is -0.170. The lowest BCUT2D eigenvalue weighted by Gasteiger charge is -2.27. The minimum absolute atomic E-state index is 0.0308. The van der Waals surface area contributed by atoms with Crippen LogP contribution in [0.1, 0.15) is 39.0 Å². The van der Waals surface area contributed by atoms with Gasteiger partial charge in [0.25, 0.3) is 0 Å². The molecule has 5 nitrogen and oxygen atoms in total. The van der Waals surface area contributed by atoms with Gasteiger partial charge in [-0.15, -0.1) is 0 Å². The molecule has 2 heterocycles. The summed E-state index contributed by atoms with van der Waals surface area (Å²) in [6.45, 7) is 3.39. The zero-order valence-corrected chi connectivity index (χ0v) is 11.7. The van der Waals surface area contributed by atoms with Gasteiger partial charge in [-0.1, -0.05) is 0 Å². The zero-order valence-electron chi connectivity index (χ0n) is 10.9. The Morgan fingerprint density at radius 2 is 2.06 bits per heavy atom. The Bertz CT molecular complexity index is 351. The fraction of sp³-hybridized carbons (Fsp3) is 1.00. The smallest absolute Gasteiger partial charge is 0.211 e. The minimum atomic E-state index is -3.18. The summed E-state index contributed by atoms with van der Waals surface area (Å²) >= 11 is 0.